The molecular weight excluding hydrogens is 218 g/mol. The van der Waals surface area contributed by atoms with Crippen LogP contribution in [0.4, 0.5) is 0 Å². The number of hydrogen-bond acceptors (Lipinski definition) is 2. The van der Waals surface area contributed by atoms with Crippen LogP contribution in [0.15, 0.2) is 0 Å². The molecule has 0 aromatic rings. The van der Waals surface area contributed by atoms with Crippen LogP contribution < -0.4 is 70.2 Å². The standard InChI is InChI=1S/C6H11.C3H4O4.K.Li.H/c1-2-4-6-5-3-1;4-2(5)1-3(6)7;;;/h1H,2-6H2;1H2,(H,4,5)(H,6,7);;;/q-1;;2*+1;-1. The molecule has 0 aliphatic heterocycles. The number of rotatable bonds is 2. The predicted octanol–water partition coefficient (Wildman–Crippen LogP) is -4.18. The molecule has 1 rings (SSSR count). The van der Waals surface area contributed by atoms with E-state index >= 15 is 0 Å². The fourth-order valence-corrected chi connectivity index (χ4v) is 1.03. The Kier molecular flexibility index (Phi) is 21.7. The van der Waals surface area contributed by atoms with E-state index in [4.69, 9.17) is 10.2 Å². The maximum atomic E-state index is 9.43. The van der Waals surface area contributed by atoms with E-state index in [1.54, 1.807) is 0 Å². The van der Waals surface area contributed by atoms with Gasteiger partial charge in [0, 0.05) is 0 Å². The van der Waals surface area contributed by atoms with Crippen LogP contribution in [0.5, 0.6) is 0 Å². The summed E-state index contributed by atoms with van der Waals surface area (Å²) in [5, 5.41) is 15.4. The molecule has 1 fully saturated rings. The van der Waals surface area contributed by atoms with E-state index in [2.05, 4.69) is 6.42 Å². The third-order valence-electron chi connectivity index (χ3n) is 1.62. The first kappa shape index (κ1) is 21.5. The molecule has 0 atom stereocenters. The molecule has 6 heteroatoms. The molecule has 0 heterocycles. The fraction of sp³-hybridized carbons (Fsp3) is 0.667. The minimum atomic E-state index is -1.31. The summed E-state index contributed by atoms with van der Waals surface area (Å²) in [6.45, 7) is 0. The van der Waals surface area contributed by atoms with Crippen molar-refractivity contribution in [3.05, 3.63) is 6.42 Å². The summed E-state index contributed by atoms with van der Waals surface area (Å²) in [5.74, 6) is -2.62. The zero-order chi connectivity index (χ0) is 10.1. The summed E-state index contributed by atoms with van der Waals surface area (Å²) in [6, 6.07) is 0. The van der Waals surface area contributed by atoms with Gasteiger partial charge in [-0.2, -0.15) is 12.8 Å². The van der Waals surface area contributed by atoms with Crippen molar-refractivity contribution in [1.82, 2.24) is 0 Å². The Morgan fingerprint density at radius 1 is 1.07 bits per heavy atom. The van der Waals surface area contributed by atoms with Crippen LogP contribution in [0.25, 0.3) is 0 Å². The Morgan fingerprint density at radius 2 is 1.47 bits per heavy atom. The zero-order valence-electron chi connectivity index (χ0n) is 10.5. The Labute approximate surface area is 146 Å². The van der Waals surface area contributed by atoms with E-state index in [1.807, 2.05) is 0 Å². The number of hydrogen-bond donors (Lipinski definition) is 2. The van der Waals surface area contributed by atoms with Gasteiger partial charge in [-0.25, -0.2) is 0 Å². The first-order chi connectivity index (χ1) is 6.13. The van der Waals surface area contributed by atoms with E-state index in [1.165, 1.54) is 32.1 Å². The van der Waals surface area contributed by atoms with Crippen molar-refractivity contribution in [2.75, 3.05) is 0 Å². The van der Waals surface area contributed by atoms with Gasteiger partial charge in [0.25, 0.3) is 0 Å². The molecule has 0 amide bonds. The molecule has 1 saturated carbocycles. The van der Waals surface area contributed by atoms with Crippen molar-refractivity contribution >= 4 is 11.9 Å². The number of carbonyl (C=O) groups is 2. The first-order valence-corrected chi connectivity index (χ1v) is 4.38. The van der Waals surface area contributed by atoms with Gasteiger partial charge in [-0.15, -0.1) is 0 Å². The number of carboxylic acids is 2. The van der Waals surface area contributed by atoms with Gasteiger partial charge in [0.1, 0.15) is 6.42 Å². The maximum absolute atomic E-state index is 9.43. The van der Waals surface area contributed by atoms with Crippen LogP contribution in [0.3, 0.4) is 0 Å². The molecule has 0 aromatic heterocycles. The average molecular weight is 234 g/mol. The molecule has 0 unspecified atom stereocenters. The Morgan fingerprint density at radius 3 is 1.53 bits per heavy atom. The van der Waals surface area contributed by atoms with Crippen LogP contribution in [-0.4, -0.2) is 22.2 Å². The topological polar surface area (TPSA) is 74.6 Å². The monoisotopic (exact) mass is 234 g/mol. The van der Waals surface area contributed by atoms with Crippen LogP contribution in [0.2, 0.25) is 0 Å². The molecule has 4 nitrogen and oxygen atoms in total. The van der Waals surface area contributed by atoms with Gasteiger partial charge in [0.15, 0.2) is 0 Å². The second kappa shape index (κ2) is 15.2. The average Bonchev–Trinajstić information content (AvgIpc) is 2.06. The summed E-state index contributed by atoms with van der Waals surface area (Å²) in [4.78, 5) is 18.9. The molecule has 0 saturated heterocycles. The van der Waals surface area contributed by atoms with Crippen molar-refractivity contribution in [2.45, 2.75) is 38.5 Å². The minimum Gasteiger partial charge on any atom is -1.00 e. The van der Waals surface area contributed by atoms with Gasteiger partial charge in [-0.3, -0.25) is 9.59 Å². The van der Waals surface area contributed by atoms with E-state index in [0.29, 0.717) is 0 Å². The van der Waals surface area contributed by atoms with Gasteiger partial charge >= 0.3 is 82.2 Å². The zero-order valence-corrected chi connectivity index (χ0v) is 12.7. The van der Waals surface area contributed by atoms with Crippen LogP contribution in [-0.2, 0) is 9.59 Å². The molecular formula is C9H16KLiO4. The smallest absolute Gasteiger partial charge is 1.00 e. The largest absolute Gasteiger partial charge is 1.00 e. The summed E-state index contributed by atoms with van der Waals surface area (Å²) in [6.07, 6.45) is 8.69. The van der Waals surface area contributed by atoms with Gasteiger partial charge in [-0.05, 0) is 0 Å². The molecule has 15 heavy (non-hydrogen) atoms. The van der Waals surface area contributed by atoms with Gasteiger partial charge in [0.2, 0.25) is 0 Å². The Bertz CT molecular complexity index is 153. The molecule has 1 aliphatic rings. The quantitative estimate of drug-likeness (QED) is 0.289. The van der Waals surface area contributed by atoms with E-state index in [0.717, 1.165) is 0 Å². The molecule has 0 spiro atoms. The second-order valence-corrected chi connectivity index (χ2v) is 2.89. The molecule has 1 aliphatic carbocycles. The molecule has 2 N–H and O–H groups in total. The molecule has 0 radical (unpaired) electrons. The Balaban J connectivity index is -0.0000000760. The van der Waals surface area contributed by atoms with Gasteiger partial charge in [-0.1, -0.05) is 19.3 Å². The van der Waals surface area contributed by atoms with Crippen molar-refractivity contribution in [2.24, 2.45) is 0 Å². The fourth-order valence-electron chi connectivity index (χ4n) is 1.03. The van der Waals surface area contributed by atoms with Crippen molar-refractivity contribution in [3.63, 3.8) is 0 Å². The third-order valence-corrected chi connectivity index (χ3v) is 1.62. The van der Waals surface area contributed by atoms with E-state index in [-0.39, 0.29) is 71.7 Å². The number of carboxylic acid groups (broad SMARTS) is 2. The van der Waals surface area contributed by atoms with Gasteiger partial charge < -0.3 is 18.1 Å². The first-order valence-electron chi connectivity index (χ1n) is 4.38. The normalized spacial score (nSPS) is 13.3. The SMILES string of the molecule is O=C(O)CC(=O)O.[CH-]1CCCCC1.[H-].[K+].[Li+]. The van der Waals surface area contributed by atoms with Crippen molar-refractivity contribution < 1.29 is 91.5 Å². The van der Waals surface area contributed by atoms with Crippen LogP contribution in [0.1, 0.15) is 40.0 Å². The van der Waals surface area contributed by atoms with Gasteiger partial charge in [0.05, 0.1) is 0 Å². The number of aliphatic carboxylic acids is 2. The van der Waals surface area contributed by atoms with Crippen molar-refractivity contribution in [3.8, 4) is 0 Å². The minimum absolute atomic E-state index is 0. The Hall–Kier alpha value is 1.17. The molecule has 0 aromatic carbocycles. The van der Waals surface area contributed by atoms with Crippen LogP contribution >= 0.6 is 0 Å². The molecule has 0 bridgehead atoms. The summed E-state index contributed by atoms with van der Waals surface area (Å²) in [5.41, 5.74) is 0. The van der Waals surface area contributed by atoms with E-state index < -0.39 is 18.4 Å². The van der Waals surface area contributed by atoms with E-state index in [9.17, 15) is 9.59 Å². The summed E-state index contributed by atoms with van der Waals surface area (Å²) >= 11 is 0. The van der Waals surface area contributed by atoms with Crippen molar-refractivity contribution in [1.29, 1.82) is 0 Å². The third kappa shape index (κ3) is 21.1. The molecule has 78 valence electrons. The summed E-state index contributed by atoms with van der Waals surface area (Å²) < 4.78 is 0. The maximum Gasteiger partial charge on any atom is 1.00 e. The van der Waals surface area contributed by atoms with Crippen LogP contribution in [0, 0.1) is 6.42 Å². The summed E-state index contributed by atoms with van der Waals surface area (Å²) in [7, 11) is 0. The predicted molar refractivity (Wildman–Crippen MR) is 48.4 cm³/mol. The second-order valence-electron chi connectivity index (χ2n) is 2.89.